The second kappa shape index (κ2) is 7.05. The number of carbonyl (C=O) groups excluding carboxylic acids is 1. The van der Waals surface area contributed by atoms with E-state index in [1.165, 1.54) is 7.11 Å². The lowest BCUT2D eigenvalue weighted by atomic mass is 10.3. The number of rotatable bonds is 4. The van der Waals surface area contributed by atoms with E-state index in [2.05, 4.69) is 25.9 Å². The fraction of sp³-hybridized carbons (Fsp3) is 0.400. The lowest BCUT2D eigenvalue weighted by Gasteiger charge is -1.94. The van der Waals surface area contributed by atoms with E-state index in [1.54, 1.807) is 0 Å². The van der Waals surface area contributed by atoms with Crippen LogP contribution in [0.1, 0.15) is 0 Å². The minimum absolute atomic E-state index is 0. The van der Waals surface area contributed by atoms with Gasteiger partial charge in [-0.25, -0.2) is 4.79 Å². The molecule has 12 heavy (non-hydrogen) atoms. The smallest absolute Gasteiger partial charge is 0.361 e. The SMILES string of the molecule is CON=C(C(=O)O)C(=O)CBr.Cl. The highest BCUT2D eigenvalue weighted by Crippen LogP contribution is 1.89. The van der Waals surface area contributed by atoms with Gasteiger partial charge in [-0.1, -0.05) is 21.1 Å². The zero-order valence-corrected chi connectivity index (χ0v) is 8.51. The average Bonchev–Trinajstić information content (AvgIpc) is 1.98. The summed E-state index contributed by atoms with van der Waals surface area (Å²) < 4.78 is 0. The van der Waals surface area contributed by atoms with Gasteiger partial charge < -0.3 is 9.94 Å². The van der Waals surface area contributed by atoms with Crippen molar-refractivity contribution in [3.05, 3.63) is 0 Å². The third-order valence-corrected chi connectivity index (χ3v) is 1.28. The van der Waals surface area contributed by atoms with Crippen molar-refractivity contribution in [2.45, 2.75) is 0 Å². The van der Waals surface area contributed by atoms with E-state index in [9.17, 15) is 9.59 Å². The largest absolute Gasteiger partial charge is 0.476 e. The van der Waals surface area contributed by atoms with Crippen LogP contribution in [0.4, 0.5) is 0 Å². The van der Waals surface area contributed by atoms with Crippen molar-refractivity contribution >= 4 is 45.8 Å². The van der Waals surface area contributed by atoms with Gasteiger partial charge >= 0.3 is 5.97 Å². The maximum Gasteiger partial charge on any atom is 0.361 e. The molecule has 70 valence electrons. The minimum atomic E-state index is -1.39. The van der Waals surface area contributed by atoms with E-state index >= 15 is 0 Å². The standard InChI is InChI=1S/C5H6BrNO4.ClH/c1-11-7-4(5(9)10)3(8)2-6;/h2H2,1H3,(H,9,10);1H. The maximum absolute atomic E-state index is 10.7. The Bertz CT molecular complexity index is 206. The molecule has 0 aliphatic rings. The Labute approximate surface area is 83.3 Å². The highest BCUT2D eigenvalue weighted by Gasteiger charge is 2.18. The summed E-state index contributed by atoms with van der Waals surface area (Å²) in [5.74, 6) is -2.02. The van der Waals surface area contributed by atoms with Gasteiger partial charge in [-0.2, -0.15) is 0 Å². The molecule has 0 saturated carbocycles. The number of oxime groups is 1. The van der Waals surface area contributed by atoms with Crippen molar-refractivity contribution in [3.8, 4) is 0 Å². The molecule has 0 atom stereocenters. The van der Waals surface area contributed by atoms with E-state index in [0.29, 0.717) is 0 Å². The second-order valence-corrected chi connectivity index (χ2v) is 2.05. The molecule has 0 aliphatic carbocycles. The summed E-state index contributed by atoms with van der Waals surface area (Å²) in [6.07, 6.45) is 0. The second-order valence-electron chi connectivity index (χ2n) is 1.48. The number of hydrogen-bond acceptors (Lipinski definition) is 4. The Hall–Kier alpha value is -0.620. The molecule has 0 aromatic heterocycles. The Morgan fingerprint density at radius 1 is 1.58 bits per heavy atom. The molecule has 5 nitrogen and oxygen atoms in total. The van der Waals surface area contributed by atoms with Crippen LogP contribution in [0.5, 0.6) is 0 Å². The zero-order valence-electron chi connectivity index (χ0n) is 6.11. The van der Waals surface area contributed by atoms with Gasteiger partial charge in [-0.05, 0) is 0 Å². The minimum Gasteiger partial charge on any atom is -0.476 e. The summed E-state index contributed by atoms with van der Waals surface area (Å²) in [7, 11) is 1.17. The average molecular weight is 260 g/mol. The van der Waals surface area contributed by atoms with Crippen LogP contribution in [-0.4, -0.2) is 35.0 Å². The third kappa shape index (κ3) is 4.30. The molecule has 7 heteroatoms. The van der Waals surface area contributed by atoms with Gasteiger partial charge in [0, 0.05) is 0 Å². The van der Waals surface area contributed by atoms with E-state index in [4.69, 9.17) is 5.11 Å². The topological polar surface area (TPSA) is 76.0 Å². The molecule has 0 aliphatic heterocycles. The first kappa shape index (κ1) is 13.9. The zero-order chi connectivity index (χ0) is 8.85. The van der Waals surface area contributed by atoms with Crippen molar-refractivity contribution in [3.63, 3.8) is 0 Å². The van der Waals surface area contributed by atoms with Crippen LogP contribution in [0, 0.1) is 0 Å². The third-order valence-electron chi connectivity index (χ3n) is 0.771. The molecule has 1 N–H and O–H groups in total. The number of hydrogen-bond donors (Lipinski definition) is 1. The number of carboxylic acid groups (broad SMARTS) is 1. The molecule has 0 amide bonds. The monoisotopic (exact) mass is 259 g/mol. The normalized spacial score (nSPS) is 10.0. The first-order valence-electron chi connectivity index (χ1n) is 2.57. The van der Waals surface area contributed by atoms with Crippen molar-refractivity contribution in [2.24, 2.45) is 5.16 Å². The molecular weight excluding hydrogens is 253 g/mol. The van der Waals surface area contributed by atoms with Gasteiger partial charge in [0.2, 0.25) is 11.5 Å². The molecule has 0 bridgehead atoms. The fourth-order valence-corrected chi connectivity index (χ4v) is 0.629. The first-order chi connectivity index (χ1) is 5.13. The molecular formula is C5H7BrClNO4. The van der Waals surface area contributed by atoms with Gasteiger partial charge in [0.05, 0.1) is 5.33 Å². The summed E-state index contributed by atoms with van der Waals surface area (Å²) in [6.45, 7) is 0. The van der Waals surface area contributed by atoms with Gasteiger partial charge in [0.25, 0.3) is 0 Å². The highest BCUT2D eigenvalue weighted by atomic mass is 79.9. The first-order valence-corrected chi connectivity index (χ1v) is 3.69. The van der Waals surface area contributed by atoms with Crippen molar-refractivity contribution < 1.29 is 19.5 Å². The van der Waals surface area contributed by atoms with Crippen molar-refractivity contribution in [1.29, 1.82) is 0 Å². The summed E-state index contributed by atoms with van der Waals surface area (Å²) in [6, 6.07) is 0. The number of halogens is 2. The van der Waals surface area contributed by atoms with E-state index in [1.807, 2.05) is 0 Å². The van der Waals surface area contributed by atoms with Gasteiger partial charge in [-0.3, -0.25) is 4.79 Å². The van der Waals surface area contributed by atoms with Crippen LogP contribution in [0.15, 0.2) is 5.16 Å². The number of nitrogens with zero attached hydrogens (tertiary/aromatic N) is 1. The van der Waals surface area contributed by atoms with Crippen LogP contribution in [-0.2, 0) is 14.4 Å². The Morgan fingerprint density at radius 2 is 2.08 bits per heavy atom. The van der Waals surface area contributed by atoms with Crippen molar-refractivity contribution in [1.82, 2.24) is 0 Å². The summed E-state index contributed by atoms with van der Waals surface area (Å²) in [4.78, 5) is 25.1. The fourth-order valence-electron chi connectivity index (χ4n) is 0.364. The number of alkyl halides is 1. The molecule has 0 rings (SSSR count). The molecule has 0 aromatic carbocycles. The van der Waals surface area contributed by atoms with Gasteiger partial charge in [0.15, 0.2) is 0 Å². The number of aliphatic carboxylic acids is 1. The molecule has 0 unspecified atom stereocenters. The van der Waals surface area contributed by atoms with E-state index in [0.717, 1.165) is 0 Å². The van der Waals surface area contributed by atoms with Crippen molar-refractivity contribution in [2.75, 3.05) is 12.4 Å². The van der Waals surface area contributed by atoms with Crippen LogP contribution >= 0.6 is 28.3 Å². The molecule has 0 heterocycles. The quantitative estimate of drug-likeness (QED) is 0.345. The molecule has 0 saturated heterocycles. The molecule has 0 spiro atoms. The maximum atomic E-state index is 10.7. The number of ketones is 1. The van der Waals surface area contributed by atoms with Crippen LogP contribution in [0.25, 0.3) is 0 Å². The number of carbonyl (C=O) groups is 2. The summed E-state index contributed by atoms with van der Waals surface area (Å²) in [5, 5.41) is 11.3. The molecule has 0 fully saturated rings. The Kier molecular flexibility index (Phi) is 8.19. The Balaban J connectivity index is 0. The van der Waals surface area contributed by atoms with Crippen LogP contribution in [0.3, 0.4) is 0 Å². The predicted molar refractivity (Wildman–Crippen MR) is 48.1 cm³/mol. The highest BCUT2D eigenvalue weighted by molar-refractivity contribution is 9.09. The van der Waals surface area contributed by atoms with E-state index < -0.39 is 17.5 Å². The molecule has 0 aromatic rings. The Morgan fingerprint density at radius 3 is 2.33 bits per heavy atom. The molecule has 0 radical (unpaired) electrons. The van der Waals surface area contributed by atoms with Gasteiger partial charge in [-0.15, -0.1) is 12.4 Å². The lowest BCUT2D eigenvalue weighted by molar-refractivity contribution is -0.130. The van der Waals surface area contributed by atoms with E-state index in [-0.39, 0.29) is 17.7 Å². The van der Waals surface area contributed by atoms with Crippen LogP contribution < -0.4 is 0 Å². The number of Topliss-reactive ketones (excluding diaryl/α,β-unsaturated/α-hetero) is 1. The lowest BCUT2D eigenvalue weighted by Crippen LogP contribution is -2.24. The summed E-state index contributed by atoms with van der Waals surface area (Å²) >= 11 is 2.80. The van der Waals surface area contributed by atoms with Crippen LogP contribution in [0.2, 0.25) is 0 Å². The summed E-state index contributed by atoms with van der Waals surface area (Å²) in [5.41, 5.74) is -0.607. The predicted octanol–water partition coefficient (Wildman–Crippen LogP) is 0.459. The van der Waals surface area contributed by atoms with Gasteiger partial charge in [0.1, 0.15) is 7.11 Å². The number of carboxylic acids is 1.